The zero-order valence-corrected chi connectivity index (χ0v) is 17.2. The van der Waals surface area contributed by atoms with E-state index in [0.29, 0.717) is 23.8 Å². The van der Waals surface area contributed by atoms with E-state index < -0.39 is 0 Å². The van der Waals surface area contributed by atoms with Crippen molar-refractivity contribution in [2.24, 2.45) is 11.8 Å². The van der Waals surface area contributed by atoms with Gasteiger partial charge < -0.3 is 9.32 Å². The van der Waals surface area contributed by atoms with Gasteiger partial charge in [0.2, 0.25) is 17.7 Å². The molecule has 0 spiro atoms. The lowest BCUT2D eigenvalue weighted by molar-refractivity contribution is -0.139. The number of carbonyl (C=O) groups excluding carboxylic acids is 1. The smallest absolute Gasteiger partial charge is 0.225 e. The molecule has 5 rings (SSSR count). The lowest BCUT2D eigenvalue weighted by atomic mass is 9.72. The molecule has 2 atom stereocenters. The van der Waals surface area contributed by atoms with Crippen LogP contribution in [0, 0.1) is 18.8 Å². The van der Waals surface area contributed by atoms with E-state index in [-0.39, 0.29) is 11.3 Å². The van der Waals surface area contributed by atoms with Gasteiger partial charge in [0.1, 0.15) is 0 Å². The van der Waals surface area contributed by atoms with Crippen LogP contribution < -0.4 is 0 Å². The Morgan fingerprint density at radius 3 is 2.50 bits per heavy atom. The summed E-state index contributed by atoms with van der Waals surface area (Å²) in [4.78, 5) is 18.1. The summed E-state index contributed by atoms with van der Waals surface area (Å²) in [6.45, 7) is 5.68. The Hall–Kier alpha value is -1.43. The van der Waals surface area contributed by atoms with E-state index in [9.17, 15) is 4.79 Å². The Labute approximate surface area is 168 Å². The Bertz CT molecular complexity index is 707. The predicted octanol–water partition coefficient (Wildman–Crippen LogP) is 3.30. The molecule has 28 heavy (non-hydrogen) atoms. The first-order valence-corrected chi connectivity index (χ1v) is 11.5. The molecule has 2 aliphatic carbocycles. The van der Waals surface area contributed by atoms with Crippen LogP contribution in [-0.2, 0) is 10.2 Å². The third-order valence-corrected chi connectivity index (χ3v) is 8.05. The minimum atomic E-state index is -0.0623. The lowest BCUT2D eigenvalue weighted by Gasteiger charge is -2.42. The van der Waals surface area contributed by atoms with E-state index in [1.165, 1.54) is 44.9 Å². The first-order chi connectivity index (χ1) is 13.7. The molecule has 6 nitrogen and oxygen atoms in total. The highest BCUT2D eigenvalue weighted by Gasteiger charge is 2.55. The molecule has 0 bridgehead atoms. The average molecular weight is 387 g/mol. The van der Waals surface area contributed by atoms with Gasteiger partial charge in [0.05, 0.1) is 5.41 Å². The Kier molecular flexibility index (Phi) is 4.93. The van der Waals surface area contributed by atoms with Gasteiger partial charge in [0, 0.05) is 51.0 Å². The first kappa shape index (κ1) is 18.6. The summed E-state index contributed by atoms with van der Waals surface area (Å²) in [6.07, 6.45) is 12.2. The maximum Gasteiger partial charge on any atom is 0.225 e. The Morgan fingerprint density at radius 1 is 1.04 bits per heavy atom. The maximum absolute atomic E-state index is 13.2. The van der Waals surface area contributed by atoms with Crippen molar-refractivity contribution >= 4 is 5.91 Å². The van der Waals surface area contributed by atoms with Crippen molar-refractivity contribution < 1.29 is 9.21 Å². The fourth-order valence-corrected chi connectivity index (χ4v) is 6.42. The highest BCUT2D eigenvalue weighted by atomic mass is 16.4. The summed E-state index contributed by atoms with van der Waals surface area (Å²) < 4.78 is 6.00. The van der Waals surface area contributed by atoms with E-state index in [2.05, 4.69) is 20.0 Å². The number of piperidine rings is 1. The van der Waals surface area contributed by atoms with Crippen molar-refractivity contribution in [3.63, 3.8) is 0 Å². The molecular formula is C22H34N4O2. The molecule has 1 aromatic rings. The van der Waals surface area contributed by atoms with Crippen LogP contribution in [0.4, 0.5) is 0 Å². The first-order valence-electron chi connectivity index (χ1n) is 11.5. The number of rotatable bonds is 3. The van der Waals surface area contributed by atoms with Crippen molar-refractivity contribution in [2.75, 3.05) is 26.2 Å². The molecule has 0 N–H and O–H groups in total. The molecule has 0 aromatic carbocycles. The normalized spacial score (nSPS) is 32.8. The summed E-state index contributed by atoms with van der Waals surface area (Å²) in [6, 6.07) is 0.703. The number of likely N-dealkylation sites (tertiary alicyclic amines) is 2. The van der Waals surface area contributed by atoms with E-state index in [4.69, 9.17) is 4.42 Å². The van der Waals surface area contributed by atoms with Crippen molar-refractivity contribution in [1.29, 1.82) is 0 Å². The van der Waals surface area contributed by atoms with Gasteiger partial charge in [-0.15, -0.1) is 10.2 Å². The van der Waals surface area contributed by atoms with Gasteiger partial charge in [-0.3, -0.25) is 9.69 Å². The van der Waals surface area contributed by atoms with Crippen LogP contribution in [0.1, 0.15) is 76.0 Å². The number of aryl methyl sites for hydroxylation is 1. The van der Waals surface area contributed by atoms with Gasteiger partial charge in [-0.05, 0) is 32.1 Å². The van der Waals surface area contributed by atoms with Crippen LogP contribution in [0.25, 0.3) is 0 Å². The molecule has 0 unspecified atom stereocenters. The topological polar surface area (TPSA) is 62.5 Å². The van der Waals surface area contributed by atoms with Gasteiger partial charge in [0.15, 0.2) is 0 Å². The molecule has 2 saturated carbocycles. The second-order valence-corrected chi connectivity index (χ2v) is 9.72. The van der Waals surface area contributed by atoms with Crippen LogP contribution in [0.3, 0.4) is 0 Å². The summed E-state index contributed by atoms with van der Waals surface area (Å²) in [5, 5.41) is 8.63. The third kappa shape index (κ3) is 3.17. The van der Waals surface area contributed by atoms with Gasteiger partial charge in [-0.2, -0.15) is 0 Å². The standard InChI is InChI=1S/C22H34N4O2/c1-16-23-24-21(28-16)22-11-12-25(20(27)17-7-3-2-4-8-17)13-18(22)14-26(15-22)19-9-5-6-10-19/h17-19H,2-15H2,1H3/t18-,22-/m0/s1. The Balaban J connectivity index is 1.37. The third-order valence-electron chi connectivity index (χ3n) is 8.05. The molecule has 4 aliphatic rings. The zero-order valence-electron chi connectivity index (χ0n) is 17.2. The van der Waals surface area contributed by atoms with Crippen LogP contribution in [0.2, 0.25) is 0 Å². The van der Waals surface area contributed by atoms with Crippen molar-refractivity contribution in [2.45, 2.75) is 82.6 Å². The summed E-state index contributed by atoms with van der Waals surface area (Å²) in [5.74, 6) is 2.56. The number of hydrogen-bond donors (Lipinski definition) is 0. The quantitative estimate of drug-likeness (QED) is 0.798. The second-order valence-electron chi connectivity index (χ2n) is 9.72. The monoisotopic (exact) mass is 386 g/mol. The van der Waals surface area contributed by atoms with Crippen molar-refractivity contribution in [3.05, 3.63) is 11.8 Å². The molecule has 0 radical (unpaired) electrons. The van der Waals surface area contributed by atoms with Crippen LogP contribution in [0.5, 0.6) is 0 Å². The van der Waals surface area contributed by atoms with Gasteiger partial charge in [0.25, 0.3) is 0 Å². The average Bonchev–Trinajstić information content (AvgIpc) is 3.46. The van der Waals surface area contributed by atoms with Gasteiger partial charge >= 0.3 is 0 Å². The van der Waals surface area contributed by atoms with Crippen LogP contribution in [-0.4, -0.2) is 58.1 Å². The highest BCUT2D eigenvalue weighted by Crippen LogP contribution is 2.47. The maximum atomic E-state index is 13.2. The minimum Gasteiger partial charge on any atom is -0.425 e. The van der Waals surface area contributed by atoms with Gasteiger partial charge in [-0.1, -0.05) is 32.1 Å². The molecule has 1 aromatic heterocycles. The number of hydrogen-bond acceptors (Lipinski definition) is 5. The largest absolute Gasteiger partial charge is 0.425 e. The van der Waals surface area contributed by atoms with E-state index in [1.807, 2.05) is 6.92 Å². The molecule has 1 amide bonds. The number of amides is 1. The summed E-state index contributed by atoms with van der Waals surface area (Å²) in [5.41, 5.74) is -0.0623. The van der Waals surface area contributed by atoms with Crippen molar-refractivity contribution in [1.82, 2.24) is 20.0 Å². The number of aromatic nitrogens is 2. The van der Waals surface area contributed by atoms with Crippen LogP contribution >= 0.6 is 0 Å². The predicted molar refractivity (Wildman–Crippen MR) is 106 cm³/mol. The SMILES string of the molecule is Cc1nnc([C@]23CCN(C(=O)C4CCCCC4)C[C@H]2CN(C2CCCC2)C3)o1. The fourth-order valence-electron chi connectivity index (χ4n) is 6.42. The van der Waals surface area contributed by atoms with E-state index >= 15 is 0 Å². The van der Waals surface area contributed by atoms with E-state index in [0.717, 1.165) is 51.3 Å². The molecule has 2 aliphatic heterocycles. The zero-order chi connectivity index (χ0) is 19.1. The lowest BCUT2D eigenvalue weighted by Crippen LogP contribution is -2.52. The molecular weight excluding hydrogens is 352 g/mol. The molecule has 154 valence electrons. The number of carbonyl (C=O) groups is 1. The number of nitrogens with zero attached hydrogens (tertiary/aromatic N) is 4. The number of fused-ring (bicyclic) bond motifs is 1. The molecule has 3 heterocycles. The second kappa shape index (κ2) is 7.43. The molecule has 4 fully saturated rings. The molecule has 2 saturated heterocycles. The molecule has 6 heteroatoms. The minimum absolute atomic E-state index is 0.0623. The van der Waals surface area contributed by atoms with E-state index in [1.54, 1.807) is 0 Å². The fraction of sp³-hybridized carbons (Fsp3) is 0.864. The van der Waals surface area contributed by atoms with Crippen molar-refractivity contribution in [3.8, 4) is 0 Å². The summed E-state index contributed by atoms with van der Waals surface area (Å²) in [7, 11) is 0. The van der Waals surface area contributed by atoms with Gasteiger partial charge in [-0.25, -0.2) is 0 Å². The summed E-state index contributed by atoms with van der Waals surface area (Å²) >= 11 is 0. The highest BCUT2D eigenvalue weighted by molar-refractivity contribution is 5.79. The van der Waals surface area contributed by atoms with Crippen LogP contribution in [0.15, 0.2) is 4.42 Å². The Morgan fingerprint density at radius 2 is 1.79 bits per heavy atom.